The number of hydrogen-bond acceptors (Lipinski definition) is 7. The van der Waals surface area contributed by atoms with Crippen LogP contribution >= 0.6 is 0 Å². The van der Waals surface area contributed by atoms with E-state index < -0.39 is 18.1 Å². The molecule has 0 heterocycles. The SMILES string of the molecule is CCCCCCCC/C=C/CCCCCC(=O)OCC(COCCC(C(=O)[O-])[N+](C)(C)C)OC(=O)CCCCC/C=C/CCCCCCCC. The van der Waals surface area contributed by atoms with Gasteiger partial charge in [0.25, 0.3) is 0 Å². The summed E-state index contributed by atoms with van der Waals surface area (Å²) < 4.78 is 17.1. The van der Waals surface area contributed by atoms with Crippen LogP contribution in [0.25, 0.3) is 0 Å². The van der Waals surface area contributed by atoms with E-state index in [9.17, 15) is 19.5 Å². The maximum absolute atomic E-state index is 12.6. The number of hydrogen-bond donors (Lipinski definition) is 0. The van der Waals surface area contributed by atoms with Crippen LogP contribution in [0.3, 0.4) is 0 Å². The van der Waals surface area contributed by atoms with E-state index in [1.54, 1.807) is 21.1 Å². The van der Waals surface area contributed by atoms with Crippen molar-refractivity contribution in [3.63, 3.8) is 0 Å². The predicted molar refractivity (Wildman–Crippen MR) is 204 cm³/mol. The molecule has 0 aliphatic rings. The molecule has 0 aromatic heterocycles. The van der Waals surface area contributed by atoms with Crippen LogP contribution in [0.4, 0.5) is 0 Å². The van der Waals surface area contributed by atoms with E-state index in [-0.39, 0.29) is 42.7 Å². The molecule has 0 aromatic rings. The molecule has 50 heavy (non-hydrogen) atoms. The van der Waals surface area contributed by atoms with Gasteiger partial charge in [-0.25, -0.2) is 0 Å². The van der Waals surface area contributed by atoms with Crippen molar-refractivity contribution in [2.24, 2.45) is 0 Å². The zero-order chi connectivity index (χ0) is 37.1. The van der Waals surface area contributed by atoms with Gasteiger partial charge in [-0.05, 0) is 64.2 Å². The summed E-state index contributed by atoms with van der Waals surface area (Å²) in [5, 5.41) is 11.6. The summed E-state index contributed by atoms with van der Waals surface area (Å²) in [6.45, 7) is 4.61. The molecule has 8 nitrogen and oxygen atoms in total. The fourth-order valence-corrected chi connectivity index (χ4v) is 5.82. The Balaban J connectivity index is 4.44. The second-order valence-electron chi connectivity index (χ2n) is 14.9. The molecule has 0 aromatic carbocycles. The van der Waals surface area contributed by atoms with Crippen molar-refractivity contribution in [1.82, 2.24) is 0 Å². The first-order valence-corrected chi connectivity index (χ1v) is 20.4. The lowest BCUT2D eigenvalue weighted by Gasteiger charge is -2.34. The van der Waals surface area contributed by atoms with Gasteiger partial charge in [0.15, 0.2) is 6.10 Å². The number of esters is 2. The third kappa shape index (κ3) is 31.8. The van der Waals surface area contributed by atoms with E-state index in [0.717, 1.165) is 64.2 Å². The van der Waals surface area contributed by atoms with Gasteiger partial charge in [-0.1, -0.05) is 115 Å². The zero-order valence-corrected chi connectivity index (χ0v) is 33.1. The van der Waals surface area contributed by atoms with Crippen LogP contribution < -0.4 is 5.11 Å². The monoisotopic (exact) mass is 708 g/mol. The molecule has 0 spiro atoms. The Bertz CT molecular complexity index is 880. The first-order valence-electron chi connectivity index (χ1n) is 20.4. The van der Waals surface area contributed by atoms with Crippen LogP contribution in [-0.4, -0.2) is 75.5 Å². The molecule has 0 N–H and O–H groups in total. The number of allylic oxidation sites excluding steroid dienone is 4. The third-order valence-electron chi connectivity index (χ3n) is 9.06. The maximum atomic E-state index is 12.6. The van der Waals surface area contributed by atoms with Crippen molar-refractivity contribution in [2.75, 3.05) is 41.0 Å². The Morgan fingerprint density at radius 2 is 1.00 bits per heavy atom. The van der Waals surface area contributed by atoms with Crippen molar-refractivity contribution < 1.29 is 38.2 Å². The standard InChI is InChI=1S/C42H77NO7/c1-6-8-10-12-14-16-18-20-22-24-26-28-30-32-40(44)49-37-38(36-48-35-34-39(42(46)47)43(3,4)5)50-41(45)33-31-29-27-25-23-21-19-17-15-13-11-9-7-2/h20-23,38-39H,6-19,24-37H2,1-5H3/b22-20+,23-21+. The number of unbranched alkanes of at least 4 members (excludes halogenated alkanes) is 18. The van der Waals surface area contributed by atoms with Crippen LogP contribution in [0.15, 0.2) is 24.3 Å². The number of ether oxygens (including phenoxy) is 3. The summed E-state index contributed by atoms with van der Waals surface area (Å²) in [4.78, 5) is 36.7. The second kappa shape index (κ2) is 33.9. The number of carbonyl (C=O) groups is 3. The third-order valence-corrected chi connectivity index (χ3v) is 9.06. The lowest BCUT2D eigenvalue weighted by Crippen LogP contribution is -2.55. The molecular formula is C42H77NO7. The van der Waals surface area contributed by atoms with Gasteiger partial charge in [-0.2, -0.15) is 0 Å². The zero-order valence-electron chi connectivity index (χ0n) is 33.1. The number of likely N-dealkylation sites (N-methyl/N-ethyl adjacent to an activating group) is 1. The fourth-order valence-electron chi connectivity index (χ4n) is 5.82. The largest absolute Gasteiger partial charge is 0.544 e. The topological polar surface area (TPSA) is 102 Å². The summed E-state index contributed by atoms with van der Waals surface area (Å²) in [7, 11) is 5.39. The minimum atomic E-state index is -1.13. The highest BCUT2D eigenvalue weighted by Gasteiger charge is 2.25. The number of carboxylic acids is 1. The van der Waals surface area contributed by atoms with E-state index in [1.165, 1.54) is 77.0 Å². The normalized spacial score (nSPS) is 13.2. The molecule has 8 heteroatoms. The summed E-state index contributed by atoms with van der Waals surface area (Å²) in [5.74, 6) is -1.77. The first kappa shape index (κ1) is 47.8. The van der Waals surface area contributed by atoms with Crippen LogP contribution in [0.2, 0.25) is 0 Å². The average Bonchev–Trinajstić information content (AvgIpc) is 3.06. The first-order chi connectivity index (χ1) is 24.1. The van der Waals surface area contributed by atoms with Gasteiger partial charge in [0, 0.05) is 19.3 Å². The smallest absolute Gasteiger partial charge is 0.306 e. The Kier molecular flexibility index (Phi) is 32.4. The van der Waals surface area contributed by atoms with E-state index in [1.807, 2.05) is 0 Å². The van der Waals surface area contributed by atoms with Gasteiger partial charge in [0.05, 0.1) is 40.3 Å². The van der Waals surface area contributed by atoms with Crippen molar-refractivity contribution in [3.8, 4) is 0 Å². The van der Waals surface area contributed by atoms with Gasteiger partial charge in [-0.15, -0.1) is 0 Å². The Labute approximate surface area is 307 Å². The molecule has 292 valence electrons. The molecular weight excluding hydrogens is 630 g/mol. The van der Waals surface area contributed by atoms with Crippen molar-refractivity contribution in [2.45, 2.75) is 187 Å². The highest BCUT2D eigenvalue weighted by atomic mass is 16.6. The summed E-state index contributed by atoms with van der Waals surface area (Å²) in [6, 6.07) is -0.727. The Morgan fingerprint density at radius 1 is 0.580 bits per heavy atom. The number of quaternary nitrogens is 1. The molecule has 0 amide bonds. The van der Waals surface area contributed by atoms with E-state index in [4.69, 9.17) is 14.2 Å². The summed E-state index contributed by atoms with van der Waals surface area (Å²) >= 11 is 0. The van der Waals surface area contributed by atoms with Crippen LogP contribution in [0, 0.1) is 0 Å². The number of nitrogens with zero attached hydrogens (tertiary/aromatic N) is 1. The number of carbonyl (C=O) groups excluding carboxylic acids is 3. The van der Waals surface area contributed by atoms with Crippen LogP contribution in [0.5, 0.6) is 0 Å². The number of aliphatic carboxylic acids is 1. The lowest BCUT2D eigenvalue weighted by molar-refractivity contribution is -0.889. The Hall–Kier alpha value is -2.19. The molecule has 0 rings (SSSR count). The molecule has 0 bridgehead atoms. The maximum Gasteiger partial charge on any atom is 0.306 e. The van der Waals surface area contributed by atoms with Crippen molar-refractivity contribution in [3.05, 3.63) is 24.3 Å². The van der Waals surface area contributed by atoms with E-state index in [2.05, 4.69) is 38.2 Å². The van der Waals surface area contributed by atoms with Crippen LogP contribution in [0.1, 0.15) is 174 Å². The van der Waals surface area contributed by atoms with Gasteiger partial charge in [0.2, 0.25) is 0 Å². The lowest BCUT2D eigenvalue weighted by atomic mass is 10.1. The molecule has 0 aliphatic carbocycles. The molecule has 0 aliphatic heterocycles. The van der Waals surface area contributed by atoms with Gasteiger partial charge < -0.3 is 28.6 Å². The highest BCUT2D eigenvalue weighted by molar-refractivity contribution is 5.70. The fraction of sp³-hybridized carbons (Fsp3) is 0.833. The molecule has 2 unspecified atom stereocenters. The number of carboxylic acid groups (broad SMARTS) is 1. The van der Waals surface area contributed by atoms with Crippen molar-refractivity contribution in [1.29, 1.82) is 0 Å². The highest BCUT2D eigenvalue weighted by Crippen LogP contribution is 2.12. The molecule has 0 fully saturated rings. The second-order valence-corrected chi connectivity index (χ2v) is 14.9. The molecule has 0 saturated heterocycles. The van der Waals surface area contributed by atoms with Gasteiger partial charge in [0.1, 0.15) is 12.6 Å². The van der Waals surface area contributed by atoms with Crippen molar-refractivity contribution >= 4 is 17.9 Å². The average molecular weight is 708 g/mol. The van der Waals surface area contributed by atoms with Gasteiger partial charge in [-0.3, -0.25) is 9.59 Å². The molecule has 2 atom stereocenters. The summed E-state index contributed by atoms with van der Waals surface area (Å²) in [6.07, 6.45) is 34.8. The molecule has 0 radical (unpaired) electrons. The van der Waals surface area contributed by atoms with Gasteiger partial charge >= 0.3 is 11.9 Å². The van der Waals surface area contributed by atoms with E-state index in [0.29, 0.717) is 12.8 Å². The quantitative estimate of drug-likeness (QED) is 0.0277. The molecule has 0 saturated carbocycles. The minimum Gasteiger partial charge on any atom is -0.544 e. The number of rotatable bonds is 36. The predicted octanol–water partition coefficient (Wildman–Crippen LogP) is 9.19. The summed E-state index contributed by atoms with van der Waals surface area (Å²) in [5.41, 5.74) is 0. The minimum absolute atomic E-state index is 0.0321. The van der Waals surface area contributed by atoms with Crippen LogP contribution in [-0.2, 0) is 28.6 Å². The van der Waals surface area contributed by atoms with E-state index >= 15 is 0 Å². The Morgan fingerprint density at radius 3 is 1.44 bits per heavy atom.